The van der Waals surface area contributed by atoms with Crippen LogP contribution in [0.25, 0.3) is 0 Å². The molecule has 0 spiro atoms. The van der Waals surface area contributed by atoms with Gasteiger partial charge in [0.25, 0.3) is 0 Å². The summed E-state index contributed by atoms with van der Waals surface area (Å²) in [4.78, 5) is 0. The molecular weight excluding hydrogens is 373 g/mol. The van der Waals surface area contributed by atoms with Gasteiger partial charge in [-0.2, -0.15) is 0 Å². The molecule has 0 aromatic heterocycles. The van der Waals surface area contributed by atoms with E-state index >= 15 is 0 Å². The molecule has 1 aromatic carbocycles. The van der Waals surface area contributed by atoms with Gasteiger partial charge in [0, 0.05) is 16.2 Å². The van der Waals surface area contributed by atoms with E-state index in [0.717, 1.165) is 34.6 Å². The minimum atomic E-state index is 0.378. The van der Waals surface area contributed by atoms with Crippen molar-refractivity contribution in [3.8, 4) is 0 Å². The number of rotatable bonds is 6. The minimum absolute atomic E-state index is 0.378. The lowest BCUT2D eigenvalue weighted by Gasteiger charge is -2.20. The molecule has 1 fully saturated rings. The molecule has 1 saturated heterocycles. The summed E-state index contributed by atoms with van der Waals surface area (Å²) >= 11 is 8.49. The average molecular weight is 394 g/mol. The Hall–Kier alpha value is 0.160. The van der Waals surface area contributed by atoms with Crippen LogP contribution >= 0.6 is 34.2 Å². The van der Waals surface area contributed by atoms with Gasteiger partial charge >= 0.3 is 0 Å². The Balaban J connectivity index is 1.99. The van der Waals surface area contributed by atoms with Gasteiger partial charge < -0.3 is 10.1 Å². The van der Waals surface area contributed by atoms with Crippen molar-refractivity contribution in [3.05, 3.63) is 32.4 Å². The van der Waals surface area contributed by atoms with Crippen LogP contribution in [-0.4, -0.2) is 19.3 Å². The quantitative estimate of drug-likeness (QED) is 0.716. The second kappa shape index (κ2) is 7.81. The molecule has 4 heteroatoms. The van der Waals surface area contributed by atoms with E-state index in [0.29, 0.717) is 12.1 Å². The molecule has 0 amide bonds. The first-order valence-corrected chi connectivity index (χ1v) is 8.46. The van der Waals surface area contributed by atoms with Crippen molar-refractivity contribution in [1.82, 2.24) is 5.32 Å². The summed E-state index contributed by atoms with van der Waals surface area (Å²) in [6, 6.07) is 6.74. The summed E-state index contributed by atoms with van der Waals surface area (Å²) in [5.41, 5.74) is 1.28. The molecule has 0 aliphatic carbocycles. The van der Waals surface area contributed by atoms with Gasteiger partial charge in [-0.3, -0.25) is 0 Å². The highest BCUT2D eigenvalue weighted by molar-refractivity contribution is 14.1. The summed E-state index contributed by atoms with van der Waals surface area (Å²) in [6.45, 7) is 4.05. The van der Waals surface area contributed by atoms with Gasteiger partial charge in [0.05, 0.1) is 11.1 Å². The fraction of sp³-hybridized carbons (Fsp3) is 0.600. The Morgan fingerprint density at radius 1 is 1.53 bits per heavy atom. The van der Waals surface area contributed by atoms with Crippen LogP contribution in [0.3, 0.4) is 0 Å². The van der Waals surface area contributed by atoms with Gasteiger partial charge in [-0.25, -0.2) is 0 Å². The van der Waals surface area contributed by atoms with E-state index in [2.05, 4.69) is 53.0 Å². The summed E-state index contributed by atoms with van der Waals surface area (Å²) in [5.74, 6) is 0. The van der Waals surface area contributed by atoms with Crippen LogP contribution in [0.2, 0.25) is 5.02 Å². The van der Waals surface area contributed by atoms with E-state index in [-0.39, 0.29) is 0 Å². The van der Waals surface area contributed by atoms with Crippen molar-refractivity contribution in [2.45, 2.75) is 44.8 Å². The van der Waals surface area contributed by atoms with Crippen molar-refractivity contribution >= 4 is 34.2 Å². The summed E-state index contributed by atoms with van der Waals surface area (Å²) < 4.78 is 6.81. The number of ether oxygens (including phenoxy) is 1. The van der Waals surface area contributed by atoms with Crippen LogP contribution in [-0.2, 0) is 4.74 Å². The smallest absolute Gasteiger partial charge is 0.0576 e. The molecule has 2 atom stereocenters. The van der Waals surface area contributed by atoms with Crippen molar-refractivity contribution in [1.29, 1.82) is 0 Å². The number of halogens is 2. The molecule has 2 unspecified atom stereocenters. The first-order valence-electron chi connectivity index (χ1n) is 7.00. The van der Waals surface area contributed by atoms with Crippen molar-refractivity contribution < 1.29 is 4.74 Å². The van der Waals surface area contributed by atoms with Gasteiger partial charge in [0.2, 0.25) is 0 Å². The number of benzene rings is 1. The van der Waals surface area contributed by atoms with E-state index < -0.39 is 0 Å². The Bertz CT molecular complexity index is 407. The standard InChI is InChI=1S/C15H21ClINO/c1-2-18-15(8-6-12-4-3-9-19-12)11-5-7-14(17)13(16)10-11/h5,7,10,12,15,18H,2-4,6,8-9H2,1H3. The molecule has 0 saturated carbocycles. The Labute approximate surface area is 134 Å². The monoisotopic (exact) mass is 393 g/mol. The highest BCUT2D eigenvalue weighted by atomic mass is 127. The topological polar surface area (TPSA) is 21.3 Å². The highest BCUT2D eigenvalue weighted by Crippen LogP contribution is 2.27. The molecular formula is C15H21ClINO. The molecule has 1 heterocycles. The molecule has 1 aliphatic rings. The van der Waals surface area contributed by atoms with Gasteiger partial charge in [-0.1, -0.05) is 24.6 Å². The second-order valence-electron chi connectivity index (χ2n) is 5.00. The van der Waals surface area contributed by atoms with E-state index in [9.17, 15) is 0 Å². The average Bonchev–Trinajstić information content (AvgIpc) is 2.91. The summed E-state index contributed by atoms with van der Waals surface area (Å²) in [6.07, 6.45) is 5.12. The van der Waals surface area contributed by atoms with Gasteiger partial charge in [0.15, 0.2) is 0 Å². The predicted octanol–water partition coefficient (Wildman–Crippen LogP) is 4.55. The van der Waals surface area contributed by atoms with Gasteiger partial charge in [-0.15, -0.1) is 0 Å². The van der Waals surface area contributed by atoms with E-state index in [1.807, 2.05) is 0 Å². The Morgan fingerprint density at radius 3 is 3.00 bits per heavy atom. The van der Waals surface area contributed by atoms with Crippen LogP contribution in [0.15, 0.2) is 18.2 Å². The lowest BCUT2D eigenvalue weighted by Crippen LogP contribution is -2.22. The molecule has 1 aliphatic heterocycles. The number of hydrogen-bond donors (Lipinski definition) is 1. The van der Waals surface area contributed by atoms with Crippen molar-refractivity contribution in [2.75, 3.05) is 13.2 Å². The van der Waals surface area contributed by atoms with Crippen molar-refractivity contribution in [3.63, 3.8) is 0 Å². The molecule has 0 bridgehead atoms. The van der Waals surface area contributed by atoms with Gasteiger partial charge in [0.1, 0.15) is 0 Å². The van der Waals surface area contributed by atoms with Gasteiger partial charge in [-0.05, 0) is 72.5 Å². The Morgan fingerprint density at radius 2 is 2.37 bits per heavy atom. The lowest BCUT2D eigenvalue weighted by atomic mass is 9.99. The van der Waals surface area contributed by atoms with E-state index in [1.54, 1.807) is 0 Å². The third-order valence-corrected chi connectivity index (χ3v) is 5.17. The van der Waals surface area contributed by atoms with Crippen LogP contribution in [0, 0.1) is 3.57 Å². The molecule has 1 N–H and O–H groups in total. The predicted molar refractivity (Wildman–Crippen MR) is 88.8 cm³/mol. The fourth-order valence-electron chi connectivity index (χ4n) is 2.59. The number of hydrogen-bond acceptors (Lipinski definition) is 2. The zero-order valence-corrected chi connectivity index (χ0v) is 14.2. The first kappa shape index (κ1) is 15.5. The van der Waals surface area contributed by atoms with E-state index in [1.165, 1.54) is 18.4 Å². The molecule has 19 heavy (non-hydrogen) atoms. The number of nitrogens with one attached hydrogen (secondary N) is 1. The normalized spacial score (nSPS) is 20.7. The molecule has 0 radical (unpaired) electrons. The SMILES string of the molecule is CCNC(CCC1CCCO1)c1ccc(I)c(Cl)c1. The largest absolute Gasteiger partial charge is 0.378 e. The maximum Gasteiger partial charge on any atom is 0.0576 e. The zero-order chi connectivity index (χ0) is 13.7. The maximum absolute atomic E-state index is 6.23. The zero-order valence-electron chi connectivity index (χ0n) is 11.3. The third-order valence-electron chi connectivity index (χ3n) is 3.60. The van der Waals surface area contributed by atoms with Crippen LogP contribution in [0.1, 0.15) is 44.2 Å². The third kappa shape index (κ3) is 4.59. The highest BCUT2D eigenvalue weighted by Gasteiger charge is 2.18. The molecule has 2 nitrogen and oxygen atoms in total. The van der Waals surface area contributed by atoms with Crippen molar-refractivity contribution in [2.24, 2.45) is 0 Å². The molecule has 106 valence electrons. The maximum atomic E-state index is 6.23. The fourth-order valence-corrected chi connectivity index (χ4v) is 3.11. The second-order valence-corrected chi connectivity index (χ2v) is 6.57. The molecule has 1 aromatic rings. The summed E-state index contributed by atoms with van der Waals surface area (Å²) in [5, 5.41) is 4.40. The summed E-state index contributed by atoms with van der Waals surface area (Å²) in [7, 11) is 0. The minimum Gasteiger partial charge on any atom is -0.378 e. The first-order chi connectivity index (χ1) is 9.20. The van der Waals surface area contributed by atoms with Crippen LogP contribution < -0.4 is 5.32 Å². The lowest BCUT2D eigenvalue weighted by molar-refractivity contribution is 0.0996. The van der Waals surface area contributed by atoms with Crippen LogP contribution in [0.5, 0.6) is 0 Å². The molecule has 2 rings (SSSR count). The van der Waals surface area contributed by atoms with Crippen LogP contribution in [0.4, 0.5) is 0 Å². The van der Waals surface area contributed by atoms with E-state index in [4.69, 9.17) is 16.3 Å². The Kier molecular flexibility index (Phi) is 6.39.